The molecule has 0 fully saturated rings. The molecular weight excluding hydrogens is 340 g/mol. The minimum atomic E-state index is -0.704. The molecule has 1 aromatic heterocycles. The molecule has 0 saturated carbocycles. The zero-order valence-corrected chi connectivity index (χ0v) is 15.3. The maximum Gasteiger partial charge on any atom is 0.150 e. The fourth-order valence-electron chi connectivity index (χ4n) is 3.69. The summed E-state index contributed by atoms with van der Waals surface area (Å²) in [4.78, 5) is 0. The van der Waals surface area contributed by atoms with Crippen molar-refractivity contribution in [3.63, 3.8) is 0 Å². The van der Waals surface area contributed by atoms with Gasteiger partial charge in [-0.15, -0.1) is 12.8 Å². The van der Waals surface area contributed by atoms with Crippen molar-refractivity contribution in [2.75, 3.05) is 0 Å². The van der Waals surface area contributed by atoms with Crippen LogP contribution in [0, 0.1) is 24.7 Å². The first-order chi connectivity index (χ1) is 13.8. The minimum Gasteiger partial charge on any atom is -0.251 e. The predicted molar refractivity (Wildman–Crippen MR) is 113 cm³/mol. The molecule has 0 aliphatic carbocycles. The Balaban J connectivity index is 2.16. The van der Waals surface area contributed by atoms with Crippen molar-refractivity contribution in [1.82, 2.24) is 9.78 Å². The van der Waals surface area contributed by atoms with Crippen molar-refractivity contribution in [3.05, 3.63) is 125 Å². The standard InChI is InChI=1S/C26H18N2/c1-3-21-20-28(27-25(21)4-2)26(22-14-8-5-9-15-22,23-16-10-6-11-17-23)24-18-12-7-13-19-24/h1-2,5-20H. The van der Waals surface area contributed by atoms with E-state index in [2.05, 4.69) is 48.2 Å². The van der Waals surface area contributed by atoms with Gasteiger partial charge in [0.1, 0.15) is 5.54 Å². The zero-order chi connectivity index (χ0) is 19.4. The van der Waals surface area contributed by atoms with E-state index in [1.165, 1.54) is 0 Å². The molecule has 28 heavy (non-hydrogen) atoms. The molecule has 0 aliphatic heterocycles. The maximum atomic E-state index is 5.70. The zero-order valence-electron chi connectivity index (χ0n) is 15.3. The van der Waals surface area contributed by atoms with Gasteiger partial charge < -0.3 is 0 Å². The summed E-state index contributed by atoms with van der Waals surface area (Å²) >= 11 is 0. The second kappa shape index (κ2) is 7.31. The smallest absolute Gasteiger partial charge is 0.150 e. The molecule has 0 radical (unpaired) electrons. The van der Waals surface area contributed by atoms with Crippen LogP contribution in [-0.2, 0) is 5.54 Å². The Morgan fingerprint density at radius 3 is 1.39 bits per heavy atom. The molecule has 2 heteroatoms. The number of nitrogens with zero attached hydrogens (tertiary/aromatic N) is 2. The Morgan fingerprint density at radius 2 is 1.07 bits per heavy atom. The molecular formula is C26H18N2. The third kappa shape index (κ3) is 2.69. The van der Waals surface area contributed by atoms with E-state index in [9.17, 15) is 0 Å². The quantitative estimate of drug-likeness (QED) is 0.382. The molecule has 0 aliphatic rings. The predicted octanol–water partition coefficient (Wildman–Crippen LogP) is 4.69. The summed E-state index contributed by atoms with van der Waals surface area (Å²) in [5.41, 5.74) is 3.58. The van der Waals surface area contributed by atoms with Crippen LogP contribution in [0.4, 0.5) is 0 Å². The second-order valence-corrected chi connectivity index (χ2v) is 6.43. The van der Waals surface area contributed by atoms with Crippen LogP contribution in [0.1, 0.15) is 27.9 Å². The number of terminal acetylenes is 2. The monoisotopic (exact) mass is 358 g/mol. The number of aromatic nitrogens is 2. The van der Waals surface area contributed by atoms with Crippen molar-refractivity contribution in [3.8, 4) is 24.7 Å². The van der Waals surface area contributed by atoms with Gasteiger partial charge in [0.25, 0.3) is 0 Å². The number of benzene rings is 3. The first-order valence-corrected chi connectivity index (χ1v) is 9.00. The molecule has 1 heterocycles. The van der Waals surface area contributed by atoms with E-state index in [0.29, 0.717) is 11.3 Å². The Bertz CT molecular complexity index is 1030. The molecule has 0 amide bonds. The van der Waals surface area contributed by atoms with E-state index in [1.807, 2.05) is 65.5 Å². The normalized spacial score (nSPS) is 10.8. The fourth-order valence-corrected chi connectivity index (χ4v) is 3.69. The van der Waals surface area contributed by atoms with Gasteiger partial charge in [0.15, 0.2) is 5.69 Å². The van der Waals surface area contributed by atoms with E-state index >= 15 is 0 Å². The van der Waals surface area contributed by atoms with Crippen molar-refractivity contribution >= 4 is 0 Å². The lowest BCUT2D eigenvalue weighted by Gasteiger charge is -2.36. The molecule has 3 aromatic carbocycles. The van der Waals surface area contributed by atoms with Crippen LogP contribution >= 0.6 is 0 Å². The molecule has 0 spiro atoms. The van der Waals surface area contributed by atoms with Crippen LogP contribution in [0.5, 0.6) is 0 Å². The van der Waals surface area contributed by atoms with Crippen LogP contribution in [0.25, 0.3) is 0 Å². The summed E-state index contributed by atoms with van der Waals surface area (Å²) < 4.78 is 1.90. The summed E-state index contributed by atoms with van der Waals surface area (Å²) in [7, 11) is 0. The van der Waals surface area contributed by atoms with Crippen molar-refractivity contribution < 1.29 is 0 Å². The van der Waals surface area contributed by atoms with Crippen LogP contribution in [0.2, 0.25) is 0 Å². The summed E-state index contributed by atoms with van der Waals surface area (Å²) in [6, 6.07) is 30.8. The summed E-state index contributed by atoms with van der Waals surface area (Å²) in [6.07, 6.45) is 13.2. The van der Waals surface area contributed by atoms with Gasteiger partial charge in [0.2, 0.25) is 0 Å². The SMILES string of the molecule is C#Cc1cn(C(c2ccccc2)(c2ccccc2)c2ccccc2)nc1C#C. The first kappa shape index (κ1) is 17.4. The molecule has 4 aromatic rings. The third-order valence-corrected chi connectivity index (χ3v) is 4.92. The lowest BCUT2D eigenvalue weighted by atomic mass is 9.77. The van der Waals surface area contributed by atoms with Gasteiger partial charge >= 0.3 is 0 Å². The molecule has 0 N–H and O–H groups in total. The summed E-state index contributed by atoms with van der Waals surface area (Å²) in [5, 5.41) is 4.74. The molecule has 2 nitrogen and oxygen atoms in total. The van der Waals surface area contributed by atoms with Crippen LogP contribution in [0.15, 0.2) is 97.2 Å². The highest BCUT2D eigenvalue weighted by Crippen LogP contribution is 2.40. The highest BCUT2D eigenvalue weighted by molar-refractivity contribution is 5.52. The molecule has 4 rings (SSSR count). The topological polar surface area (TPSA) is 17.8 Å². The van der Waals surface area contributed by atoms with Crippen molar-refractivity contribution in [2.24, 2.45) is 0 Å². The second-order valence-electron chi connectivity index (χ2n) is 6.43. The third-order valence-electron chi connectivity index (χ3n) is 4.92. The Kier molecular flexibility index (Phi) is 4.55. The van der Waals surface area contributed by atoms with Crippen molar-refractivity contribution in [1.29, 1.82) is 0 Å². The molecule has 132 valence electrons. The van der Waals surface area contributed by atoms with Gasteiger partial charge in [-0.3, -0.25) is 4.68 Å². The lowest BCUT2D eigenvalue weighted by Crippen LogP contribution is -2.38. The molecule has 0 atom stereocenters. The largest absolute Gasteiger partial charge is 0.251 e. The Labute approximate surface area is 165 Å². The Morgan fingerprint density at radius 1 is 0.643 bits per heavy atom. The van der Waals surface area contributed by atoms with E-state index in [1.54, 1.807) is 0 Å². The molecule has 0 bridgehead atoms. The number of hydrogen-bond acceptors (Lipinski definition) is 1. The van der Waals surface area contributed by atoms with Gasteiger partial charge in [-0.25, -0.2) is 0 Å². The highest BCUT2D eigenvalue weighted by Gasteiger charge is 2.39. The lowest BCUT2D eigenvalue weighted by molar-refractivity contribution is 0.459. The van der Waals surface area contributed by atoms with Gasteiger partial charge in [0.05, 0.1) is 5.56 Å². The van der Waals surface area contributed by atoms with Gasteiger partial charge in [0, 0.05) is 6.20 Å². The summed E-state index contributed by atoms with van der Waals surface area (Å²) in [6.45, 7) is 0. The van der Waals surface area contributed by atoms with E-state index in [0.717, 1.165) is 16.7 Å². The average molecular weight is 358 g/mol. The van der Waals surface area contributed by atoms with E-state index in [-0.39, 0.29) is 0 Å². The highest BCUT2D eigenvalue weighted by atomic mass is 15.3. The average Bonchev–Trinajstić information content (AvgIpc) is 3.20. The van der Waals surface area contributed by atoms with Crippen LogP contribution in [0.3, 0.4) is 0 Å². The van der Waals surface area contributed by atoms with Gasteiger partial charge in [-0.1, -0.05) is 96.9 Å². The summed E-state index contributed by atoms with van der Waals surface area (Å²) in [5.74, 6) is 5.29. The number of hydrogen-bond donors (Lipinski definition) is 0. The van der Waals surface area contributed by atoms with E-state index < -0.39 is 5.54 Å². The minimum absolute atomic E-state index is 0.467. The molecule has 0 unspecified atom stereocenters. The maximum absolute atomic E-state index is 5.70. The van der Waals surface area contributed by atoms with Crippen LogP contribution < -0.4 is 0 Å². The van der Waals surface area contributed by atoms with Crippen molar-refractivity contribution in [2.45, 2.75) is 5.54 Å². The molecule has 0 saturated heterocycles. The van der Waals surface area contributed by atoms with E-state index in [4.69, 9.17) is 17.9 Å². The fraction of sp³-hybridized carbons (Fsp3) is 0.0385. The Hall–Kier alpha value is -4.01. The van der Waals surface area contributed by atoms with Crippen LogP contribution in [-0.4, -0.2) is 9.78 Å². The first-order valence-electron chi connectivity index (χ1n) is 9.00. The number of rotatable bonds is 4. The van der Waals surface area contributed by atoms with Gasteiger partial charge in [-0.05, 0) is 22.6 Å². The van der Waals surface area contributed by atoms with Gasteiger partial charge in [-0.2, -0.15) is 5.10 Å².